The molecule has 0 radical (unpaired) electrons. The van der Waals surface area contributed by atoms with E-state index in [1.165, 1.54) is 15.4 Å². The monoisotopic (exact) mass is 326 g/mol. The summed E-state index contributed by atoms with van der Waals surface area (Å²) in [7, 11) is 0. The molecular weight excluding hydrogens is 304 g/mol. The van der Waals surface area contributed by atoms with Crippen LogP contribution >= 0.6 is 11.3 Å². The first kappa shape index (κ1) is 15.9. The van der Waals surface area contributed by atoms with E-state index in [2.05, 4.69) is 60.4 Å². The van der Waals surface area contributed by atoms with Gasteiger partial charge in [-0.1, -0.05) is 19.1 Å². The molecule has 0 aliphatic heterocycles. The summed E-state index contributed by atoms with van der Waals surface area (Å²) in [5, 5.41) is 9.06. The highest BCUT2D eigenvalue weighted by molar-refractivity contribution is 7.11. The summed E-state index contributed by atoms with van der Waals surface area (Å²) in [6, 6.07) is 10.7. The predicted molar refractivity (Wildman–Crippen MR) is 95.0 cm³/mol. The lowest BCUT2D eigenvalue weighted by atomic mass is 10.2. The topological polar surface area (TPSA) is 42.7 Å². The Morgan fingerprint density at radius 1 is 1.26 bits per heavy atom. The first-order chi connectivity index (χ1) is 11.2. The summed E-state index contributed by atoms with van der Waals surface area (Å²) in [6.07, 6.45) is 4.75. The summed E-state index contributed by atoms with van der Waals surface area (Å²) < 4.78 is 1.87. The van der Waals surface area contributed by atoms with E-state index in [-0.39, 0.29) is 0 Å². The van der Waals surface area contributed by atoms with Gasteiger partial charge in [0, 0.05) is 29.9 Å². The molecular formula is C18H22N4S. The Balaban J connectivity index is 1.62. The van der Waals surface area contributed by atoms with Crippen LogP contribution in [0.25, 0.3) is 5.69 Å². The Morgan fingerprint density at radius 3 is 2.65 bits per heavy atom. The molecule has 1 aromatic carbocycles. The number of hydrogen-bond acceptors (Lipinski definition) is 4. The fraction of sp³-hybridized carbons (Fsp3) is 0.333. The van der Waals surface area contributed by atoms with Crippen LogP contribution in [0.3, 0.4) is 0 Å². The highest BCUT2D eigenvalue weighted by Gasteiger charge is 2.13. The Bertz CT molecular complexity index is 744. The zero-order valence-corrected chi connectivity index (χ0v) is 14.6. The largest absolute Gasteiger partial charge is 0.305 e. The van der Waals surface area contributed by atoms with Gasteiger partial charge < -0.3 is 5.32 Å². The third-order valence-electron chi connectivity index (χ3n) is 3.89. The van der Waals surface area contributed by atoms with Crippen LogP contribution in [0.4, 0.5) is 0 Å². The lowest BCUT2D eigenvalue weighted by Gasteiger charge is -2.13. The Kier molecular flexibility index (Phi) is 4.88. The average molecular weight is 326 g/mol. The van der Waals surface area contributed by atoms with E-state index in [0.29, 0.717) is 6.04 Å². The lowest BCUT2D eigenvalue weighted by molar-refractivity contribution is 0.579. The van der Waals surface area contributed by atoms with Crippen LogP contribution in [0.1, 0.15) is 41.0 Å². The molecule has 2 heterocycles. The molecule has 0 amide bonds. The van der Waals surface area contributed by atoms with E-state index in [9.17, 15) is 0 Å². The lowest BCUT2D eigenvalue weighted by Crippen LogP contribution is -2.17. The number of aryl methyl sites for hydroxylation is 2. The van der Waals surface area contributed by atoms with Crippen molar-refractivity contribution in [1.82, 2.24) is 20.1 Å². The number of nitrogens with zero attached hydrogens (tertiary/aromatic N) is 3. The zero-order chi connectivity index (χ0) is 16.2. The van der Waals surface area contributed by atoms with Gasteiger partial charge in [0.15, 0.2) is 0 Å². The Hall–Kier alpha value is -1.98. The number of nitrogens with one attached hydrogen (secondary N) is 1. The van der Waals surface area contributed by atoms with E-state index < -0.39 is 0 Å². The number of aromatic nitrogens is 3. The quantitative estimate of drug-likeness (QED) is 0.743. The van der Waals surface area contributed by atoms with E-state index in [0.717, 1.165) is 24.3 Å². The fourth-order valence-electron chi connectivity index (χ4n) is 2.57. The van der Waals surface area contributed by atoms with Gasteiger partial charge >= 0.3 is 0 Å². The molecule has 0 fully saturated rings. The molecule has 1 N–H and O–H groups in total. The van der Waals surface area contributed by atoms with Crippen molar-refractivity contribution in [1.29, 1.82) is 0 Å². The molecule has 3 rings (SSSR count). The minimum absolute atomic E-state index is 0.318. The number of benzene rings is 1. The van der Waals surface area contributed by atoms with Gasteiger partial charge in [-0.15, -0.1) is 11.3 Å². The zero-order valence-electron chi connectivity index (χ0n) is 13.8. The van der Waals surface area contributed by atoms with Crippen LogP contribution in [0.15, 0.2) is 42.7 Å². The SMILES string of the molecule is CCc1nc(C)c([C@@H](C)NCc2ccc(-n3cccn3)cc2)s1. The molecule has 5 heteroatoms. The van der Waals surface area contributed by atoms with Crippen molar-refractivity contribution in [2.24, 2.45) is 0 Å². The average Bonchev–Trinajstić information content (AvgIpc) is 3.22. The molecule has 0 spiro atoms. The number of hydrogen-bond donors (Lipinski definition) is 1. The number of rotatable bonds is 6. The van der Waals surface area contributed by atoms with Crippen LogP contribution in [0.5, 0.6) is 0 Å². The second-order valence-electron chi connectivity index (χ2n) is 5.63. The molecule has 120 valence electrons. The molecule has 1 atom stereocenters. The molecule has 0 unspecified atom stereocenters. The van der Waals surface area contributed by atoms with Gasteiger partial charge in [-0.05, 0) is 44.0 Å². The highest BCUT2D eigenvalue weighted by Crippen LogP contribution is 2.25. The Labute approximate surface area is 141 Å². The van der Waals surface area contributed by atoms with Gasteiger partial charge in [0.1, 0.15) is 0 Å². The minimum atomic E-state index is 0.318. The van der Waals surface area contributed by atoms with Crippen LogP contribution in [-0.4, -0.2) is 14.8 Å². The van der Waals surface area contributed by atoms with Gasteiger partial charge in [-0.2, -0.15) is 5.10 Å². The van der Waals surface area contributed by atoms with E-state index in [1.807, 2.05) is 28.3 Å². The summed E-state index contributed by atoms with van der Waals surface area (Å²) in [6.45, 7) is 7.31. The van der Waals surface area contributed by atoms with E-state index in [1.54, 1.807) is 6.20 Å². The van der Waals surface area contributed by atoms with Crippen molar-refractivity contribution < 1.29 is 0 Å². The van der Waals surface area contributed by atoms with Gasteiger partial charge in [0.2, 0.25) is 0 Å². The van der Waals surface area contributed by atoms with Crippen molar-refractivity contribution in [3.05, 3.63) is 63.9 Å². The first-order valence-electron chi connectivity index (χ1n) is 7.96. The summed E-state index contributed by atoms with van der Waals surface area (Å²) in [5.41, 5.74) is 3.50. The smallest absolute Gasteiger partial charge is 0.0928 e. The van der Waals surface area contributed by atoms with Crippen molar-refractivity contribution in [3.8, 4) is 5.69 Å². The van der Waals surface area contributed by atoms with Crippen molar-refractivity contribution >= 4 is 11.3 Å². The third kappa shape index (κ3) is 3.68. The maximum atomic E-state index is 4.61. The minimum Gasteiger partial charge on any atom is -0.305 e. The normalized spacial score (nSPS) is 12.5. The molecule has 0 aliphatic rings. The van der Waals surface area contributed by atoms with Gasteiger partial charge in [-0.3, -0.25) is 0 Å². The van der Waals surface area contributed by atoms with Gasteiger partial charge in [-0.25, -0.2) is 9.67 Å². The molecule has 0 saturated heterocycles. The Morgan fingerprint density at radius 2 is 2.04 bits per heavy atom. The third-order valence-corrected chi connectivity index (χ3v) is 5.37. The maximum Gasteiger partial charge on any atom is 0.0928 e. The second-order valence-corrected chi connectivity index (χ2v) is 6.75. The van der Waals surface area contributed by atoms with Gasteiger partial charge in [0.25, 0.3) is 0 Å². The summed E-state index contributed by atoms with van der Waals surface area (Å²) >= 11 is 1.82. The van der Waals surface area contributed by atoms with Crippen molar-refractivity contribution in [2.45, 2.75) is 39.8 Å². The maximum absolute atomic E-state index is 4.61. The number of thiazole rings is 1. The second kappa shape index (κ2) is 7.06. The standard InChI is InChI=1S/C18H22N4S/c1-4-17-21-14(3)18(23-17)13(2)19-12-15-6-8-16(9-7-15)22-11-5-10-20-22/h5-11,13,19H,4,12H2,1-3H3/t13-/m1/s1. The van der Waals surface area contributed by atoms with Crippen LogP contribution in [0.2, 0.25) is 0 Å². The van der Waals surface area contributed by atoms with E-state index >= 15 is 0 Å². The molecule has 23 heavy (non-hydrogen) atoms. The first-order valence-corrected chi connectivity index (χ1v) is 8.77. The molecule has 3 aromatic rings. The van der Waals surface area contributed by atoms with Crippen molar-refractivity contribution in [2.75, 3.05) is 0 Å². The fourth-order valence-corrected chi connectivity index (χ4v) is 3.60. The van der Waals surface area contributed by atoms with Gasteiger partial charge in [0.05, 0.1) is 16.4 Å². The summed E-state index contributed by atoms with van der Waals surface area (Å²) in [5.74, 6) is 0. The van der Waals surface area contributed by atoms with Crippen molar-refractivity contribution in [3.63, 3.8) is 0 Å². The van der Waals surface area contributed by atoms with Crippen LogP contribution in [-0.2, 0) is 13.0 Å². The molecule has 0 saturated carbocycles. The van der Waals surface area contributed by atoms with E-state index in [4.69, 9.17) is 0 Å². The molecule has 4 nitrogen and oxygen atoms in total. The predicted octanol–water partition coefficient (Wildman–Crippen LogP) is 4.05. The molecule has 2 aromatic heterocycles. The molecule has 0 bridgehead atoms. The summed E-state index contributed by atoms with van der Waals surface area (Å²) in [4.78, 5) is 5.96. The van der Waals surface area contributed by atoms with Crippen LogP contribution in [0, 0.1) is 6.92 Å². The van der Waals surface area contributed by atoms with Crippen LogP contribution < -0.4 is 5.32 Å². The highest BCUT2D eigenvalue weighted by atomic mass is 32.1. The molecule has 0 aliphatic carbocycles.